The topological polar surface area (TPSA) is 182 Å². The summed E-state index contributed by atoms with van der Waals surface area (Å²) in [6, 6.07) is 0. The first-order valence-corrected chi connectivity index (χ1v) is 16.4. The van der Waals surface area contributed by atoms with Gasteiger partial charge in [-0.2, -0.15) is 10.2 Å². The highest BCUT2D eigenvalue weighted by atomic mass is 36.0. The van der Waals surface area contributed by atoms with E-state index in [2.05, 4.69) is 52.4 Å². The Bertz CT molecular complexity index is 1320. The fourth-order valence-electron chi connectivity index (χ4n) is 8.07. The number of carboxylic acid groups (broad SMARTS) is 1. The number of carbonyl (C=O) groups is 2. The van der Waals surface area contributed by atoms with E-state index in [1.54, 1.807) is 0 Å². The number of esters is 1. The molecule has 0 aromatic carbocycles. The van der Waals surface area contributed by atoms with Gasteiger partial charge in [0, 0.05) is 101 Å². The number of aromatic nitrogens is 4. The van der Waals surface area contributed by atoms with Crippen LogP contribution in [-0.2, 0) is 60.3 Å². The van der Waals surface area contributed by atoms with E-state index in [4.69, 9.17) is 19.2 Å². The molecule has 4 bridgehead atoms. The third-order valence-corrected chi connectivity index (χ3v) is 9.75. The van der Waals surface area contributed by atoms with Crippen molar-refractivity contribution in [2.75, 3.05) is 27.3 Å². The fourth-order valence-corrected chi connectivity index (χ4v) is 8.07. The Morgan fingerprint density at radius 1 is 0.829 bits per heavy atom. The number of aliphatic carboxylic acids is 1. The van der Waals surface area contributed by atoms with E-state index < -0.39 is 20.6 Å². The van der Waals surface area contributed by atoms with E-state index >= 15 is 0 Å². The summed E-state index contributed by atoms with van der Waals surface area (Å²) in [6.07, 6.45) is 7.15. The lowest BCUT2D eigenvalue weighted by molar-refractivity contribution is -0.199. The van der Waals surface area contributed by atoms with Gasteiger partial charge in [-0.3, -0.25) is 19.8 Å². The summed E-state index contributed by atoms with van der Waals surface area (Å²) in [4.78, 5) is 22.8. The summed E-state index contributed by atoms with van der Waals surface area (Å²) < 4.78 is 14.0. The van der Waals surface area contributed by atoms with Gasteiger partial charge in [-0.15, -0.1) is 0 Å². The van der Waals surface area contributed by atoms with Gasteiger partial charge >= 0.3 is 11.9 Å². The predicted octanol–water partition coefficient (Wildman–Crippen LogP) is 1.86. The largest absolute Gasteiger partial charge is 0.481 e. The zero-order valence-electron chi connectivity index (χ0n) is 23.1. The predicted molar refractivity (Wildman–Crippen MR) is 152 cm³/mol. The third kappa shape index (κ3) is 4.92. The van der Waals surface area contributed by atoms with Crippen LogP contribution in [0.25, 0.3) is 0 Å². The fraction of sp³-hybridized carbons (Fsp3) is 0.692. The number of carbonyl (C=O) groups excluding carboxylic acids is 1. The van der Waals surface area contributed by atoms with Crippen molar-refractivity contribution in [3.63, 3.8) is 0 Å². The van der Waals surface area contributed by atoms with Crippen molar-refractivity contribution < 1.29 is 28.7 Å². The van der Waals surface area contributed by atoms with Crippen molar-refractivity contribution in [1.82, 2.24) is 31.0 Å². The number of carboxylic acids is 1. The van der Waals surface area contributed by atoms with Gasteiger partial charge in [0.25, 0.3) is 0 Å². The molecule has 2 aromatic heterocycles. The number of hydrogen-bond acceptors (Lipinski definition) is 9. The van der Waals surface area contributed by atoms with Crippen LogP contribution in [0.3, 0.4) is 0 Å². The van der Waals surface area contributed by atoms with E-state index in [-0.39, 0.29) is 22.2 Å². The lowest BCUT2D eigenvalue weighted by Gasteiger charge is -2.68. The molecule has 6 aliphatic carbocycles. The minimum Gasteiger partial charge on any atom is -0.481 e. The van der Waals surface area contributed by atoms with Crippen LogP contribution in [0.1, 0.15) is 72.4 Å². The number of H-pyrrole nitrogens is 2. The first kappa shape index (κ1) is 30.4. The molecular formula is C26H36Cl2N6O6S. The van der Waals surface area contributed by atoms with Crippen LogP contribution in [0, 0.1) is 10.8 Å². The van der Waals surface area contributed by atoms with Crippen molar-refractivity contribution in [2.45, 2.75) is 75.3 Å². The zero-order chi connectivity index (χ0) is 29.6. The number of nitrogens with one attached hydrogen (secondary N) is 4. The third-order valence-electron chi connectivity index (χ3n) is 9.75. The van der Waals surface area contributed by atoms with Gasteiger partial charge < -0.3 is 25.6 Å². The molecular weight excluding hydrogens is 595 g/mol. The molecule has 0 spiro atoms. The minimum atomic E-state index is -1.67. The van der Waals surface area contributed by atoms with Gasteiger partial charge in [0.15, 0.2) is 0 Å². The summed E-state index contributed by atoms with van der Waals surface area (Å²) in [6.45, 7) is 3.81. The maximum atomic E-state index is 11.7. The van der Waals surface area contributed by atoms with Gasteiger partial charge in [0.05, 0.1) is 29.3 Å². The SMILES string of the molecule is CO.COC(=O)C12CC(c3n[nH]c4c3CNCC4)(C1)C2.O=C(O)C12CC(c3n[nH]c4c3CNCC4)(C1)C2.O=S(Cl)Cl. The van der Waals surface area contributed by atoms with Crippen LogP contribution < -0.4 is 10.6 Å². The standard InChI is InChI=1S/C13H17N3O2.C12H15N3O2.CH4O.Cl2OS/c1-18-11(17)13-5-12(6-13,7-13)10-8-4-14-3-2-9(8)15-16-10;16-10(17)12-4-11(5-12,6-12)9-7-3-13-2-1-8(7)14-15-9;1-2;1-4(2)3/h14H,2-7H2,1H3,(H,15,16);13H,1-6H2,(H,14,15)(H,16,17);2H,1H3;. The average molecular weight is 632 g/mol. The first-order valence-electron chi connectivity index (χ1n) is 13.6. The molecule has 0 radical (unpaired) electrons. The van der Waals surface area contributed by atoms with Gasteiger partial charge in [-0.1, -0.05) is 0 Å². The molecule has 4 heterocycles. The molecule has 8 aliphatic rings. The number of aliphatic hydroxyl groups excluding tert-OH is 1. The van der Waals surface area contributed by atoms with E-state index in [1.165, 1.54) is 35.3 Å². The Kier molecular flexibility index (Phi) is 8.34. The number of fused-ring (bicyclic) bond motifs is 2. The van der Waals surface area contributed by atoms with E-state index in [9.17, 15) is 9.59 Å². The average Bonchev–Trinajstić information content (AvgIpc) is 3.47. The summed E-state index contributed by atoms with van der Waals surface area (Å²) in [5.74, 6) is -0.659. The number of halogens is 2. The number of hydrogen-bond donors (Lipinski definition) is 6. The normalized spacial score (nSPS) is 32.6. The molecule has 12 nitrogen and oxygen atoms in total. The summed E-state index contributed by atoms with van der Waals surface area (Å²) in [5.41, 5.74) is 7.18. The molecule has 15 heteroatoms. The molecule has 0 unspecified atom stereocenters. The molecule has 0 saturated heterocycles. The van der Waals surface area contributed by atoms with Crippen molar-refractivity contribution in [2.24, 2.45) is 10.8 Å². The number of ether oxygens (including phenoxy) is 1. The summed E-state index contributed by atoms with van der Waals surface area (Å²) >= 11 is 0. The van der Waals surface area contributed by atoms with E-state index in [0.717, 1.165) is 90.3 Å². The van der Waals surface area contributed by atoms with Crippen LogP contribution >= 0.6 is 21.4 Å². The number of methoxy groups -OCH3 is 1. The van der Waals surface area contributed by atoms with Crippen molar-refractivity contribution >= 4 is 42.5 Å². The van der Waals surface area contributed by atoms with Crippen molar-refractivity contribution in [1.29, 1.82) is 0 Å². The van der Waals surface area contributed by atoms with Crippen LogP contribution in [0.5, 0.6) is 0 Å². The highest BCUT2D eigenvalue weighted by Crippen LogP contribution is 2.74. The lowest BCUT2D eigenvalue weighted by atomic mass is 9.34. The number of aromatic amines is 2. The highest BCUT2D eigenvalue weighted by molar-refractivity contribution is 8.26. The van der Waals surface area contributed by atoms with Crippen molar-refractivity contribution in [3.8, 4) is 0 Å². The molecule has 0 amide bonds. The highest BCUT2D eigenvalue weighted by Gasteiger charge is 2.74. The Morgan fingerprint density at radius 2 is 1.22 bits per heavy atom. The number of aliphatic hydroxyl groups is 1. The van der Waals surface area contributed by atoms with Gasteiger partial charge in [-0.05, 0) is 38.5 Å². The van der Waals surface area contributed by atoms with Crippen molar-refractivity contribution in [3.05, 3.63) is 33.9 Å². The molecule has 6 saturated carbocycles. The smallest absolute Gasteiger partial charge is 0.311 e. The van der Waals surface area contributed by atoms with Gasteiger partial charge in [0.2, 0.25) is 9.23 Å². The molecule has 41 heavy (non-hydrogen) atoms. The molecule has 6 fully saturated rings. The maximum absolute atomic E-state index is 11.7. The molecule has 6 N–H and O–H groups in total. The number of nitrogens with zero attached hydrogens (tertiary/aromatic N) is 2. The van der Waals surface area contributed by atoms with Gasteiger partial charge in [0.1, 0.15) is 0 Å². The van der Waals surface area contributed by atoms with E-state index in [0.29, 0.717) is 0 Å². The Hall–Kier alpha value is -2.03. The van der Waals surface area contributed by atoms with Gasteiger partial charge in [-0.25, -0.2) is 4.21 Å². The summed E-state index contributed by atoms with van der Waals surface area (Å²) in [7, 11) is 9.84. The Morgan fingerprint density at radius 3 is 1.59 bits per heavy atom. The Labute approximate surface area is 249 Å². The maximum Gasteiger partial charge on any atom is 0.311 e. The zero-order valence-corrected chi connectivity index (χ0v) is 25.4. The molecule has 2 aliphatic heterocycles. The molecule has 10 rings (SSSR count). The monoisotopic (exact) mass is 630 g/mol. The van der Waals surface area contributed by atoms with E-state index in [1.807, 2.05) is 0 Å². The first-order chi connectivity index (χ1) is 19.6. The van der Waals surface area contributed by atoms with Crippen LogP contribution in [0.2, 0.25) is 0 Å². The van der Waals surface area contributed by atoms with Crippen LogP contribution in [0.4, 0.5) is 0 Å². The second-order valence-corrected chi connectivity index (χ2v) is 14.6. The minimum absolute atomic E-state index is 0.0353. The lowest BCUT2D eigenvalue weighted by Crippen LogP contribution is -2.68. The Balaban J connectivity index is 0.000000139. The summed E-state index contributed by atoms with van der Waals surface area (Å²) in [5, 5.41) is 38.2. The van der Waals surface area contributed by atoms with Crippen LogP contribution in [0.15, 0.2) is 0 Å². The molecule has 0 atom stereocenters. The number of rotatable bonds is 4. The second kappa shape index (κ2) is 11.2. The quantitative estimate of drug-likeness (QED) is 0.215. The second-order valence-electron chi connectivity index (χ2n) is 12.1. The van der Waals surface area contributed by atoms with Crippen LogP contribution in [-0.4, -0.2) is 74.1 Å². The molecule has 2 aromatic rings. The molecule has 226 valence electrons.